The first-order chi connectivity index (χ1) is 19.1. The van der Waals surface area contributed by atoms with Gasteiger partial charge in [-0.25, -0.2) is 9.78 Å². The van der Waals surface area contributed by atoms with Gasteiger partial charge in [0.2, 0.25) is 5.78 Å². The van der Waals surface area contributed by atoms with E-state index in [2.05, 4.69) is 46.7 Å². The summed E-state index contributed by atoms with van der Waals surface area (Å²) in [6.07, 6.45) is 2.77. The molecule has 0 spiro atoms. The molecule has 1 atom stereocenters. The Labute approximate surface area is 227 Å². The molecule has 1 heterocycles. The Bertz CT molecular complexity index is 1420. The van der Waals surface area contributed by atoms with E-state index in [1.165, 1.54) is 0 Å². The normalized spacial score (nSPS) is 11.9. The van der Waals surface area contributed by atoms with Crippen molar-refractivity contribution in [1.82, 2.24) is 14.9 Å². The molecule has 5 aromatic rings. The van der Waals surface area contributed by atoms with Crippen molar-refractivity contribution in [3.63, 3.8) is 0 Å². The summed E-state index contributed by atoms with van der Waals surface area (Å²) in [4.78, 5) is 30.2. The van der Waals surface area contributed by atoms with Crippen molar-refractivity contribution in [2.24, 2.45) is 0 Å². The SMILES string of the molecule is C[C@H](NC(=O)OCc1ccccc1)C(=O)c1cn(C(c2ccccc2)(c2ccccc2)c2ccccc2)cn1. The van der Waals surface area contributed by atoms with Gasteiger partial charge in [-0.1, -0.05) is 121 Å². The maximum absolute atomic E-state index is 13.4. The van der Waals surface area contributed by atoms with Crippen LogP contribution in [0.2, 0.25) is 0 Å². The number of Topliss-reactive ketones (excluding diaryl/α,β-unsaturated/α-hetero) is 1. The highest BCUT2D eigenvalue weighted by molar-refractivity contribution is 5.99. The zero-order chi connectivity index (χ0) is 27.1. The molecule has 0 bridgehead atoms. The summed E-state index contributed by atoms with van der Waals surface area (Å²) >= 11 is 0. The quantitative estimate of drug-likeness (QED) is 0.187. The molecule has 4 aromatic carbocycles. The molecule has 0 saturated heterocycles. The van der Waals surface area contributed by atoms with E-state index in [9.17, 15) is 9.59 Å². The van der Waals surface area contributed by atoms with Gasteiger partial charge in [-0.15, -0.1) is 0 Å². The fourth-order valence-corrected chi connectivity index (χ4v) is 4.85. The highest BCUT2D eigenvalue weighted by atomic mass is 16.5. The minimum Gasteiger partial charge on any atom is -0.445 e. The molecule has 0 fully saturated rings. The predicted octanol–water partition coefficient (Wildman–Crippen LogP) is 6.22. The number of carbonyl (C=O) groups is 2. The van der Waals surface area contributed by atoms with Crippen molar-refractivity contribution in [3.8, 4) is 0 Å². The third-order valence-electron chi connectivity index (χ3n) is 6.74. The van der Waals surface area contributed by atoms with Crippen molar-refractivity contribution in [1.29, 1.82) is 0 Å². The van der Waals surface area contributed by atoms with Crippen LogP contribution < -0.4 is 5.32 Å². The van der Waals surface area contributed by atoms with E-state index in [4.69, 9.17) is 4.74 Å². The minimum absolute atomic E-state index is 0.121. The van der Waals surface area contributed by atoms with Crippen molar-refractivity contribution < 1.29 is 14.3 Å². The molecule has 1 N–H and O–H groups in total. The number of ketones is 1. The zero-order valence-electron chi connectivity index (χ0n) is 21.6. The second-order valence-electron chi connectivity index (χ2n) is 9.27. The van der Waals surface area contributed by atoms with E-state index in [0.29, 0.717) is 0 Å². The zero-order valence-corrected chi connectivity index (χ0v) is 21.6. The Hall–Kier alpha value is -4.97. The van der Waals surface area contributed by atoms with Crippen LogP contribution in [0.15, 0.2) is 134 Å². The lowest BCUT2D eigenvalue weighted by Gasteiger charge is -2.37. The number of nitrogens with one attached hydrogen (secondary N) is 1. The smallest absolute Gasteiger partial charge is 0.408 e. The number of hydrogen-bond donors (Lipinski definition) is 1. The van der Waals surface area contributed by atoms with Crippen molar-refractivity contribution in [2.45, 2.75) is 25.1 Å². The molecular weight excluding hydrogens is 486 g/mol. The lowest BCUT2D eigenvalue weighted by atomic mass is 9.77. The number of alkyl carbamates (subject to hydrolysis) is 1. The van der Waals surface area contributed by atoms with Gasteiger partial charge in [0, 0.05) is 6.20 Å². The van der Waals surface area contributed by atoms with Crippen LogP contribution in [-0.4, -0.2) is 27.5 Å². The van der Waals surface area contributed by atoms with E-state index < -0.39 is 17.7 Å². The van der Waals surface area contributed by atoms with Crippen LogP contribution in [-0.2, 0) is 16.9 Å². The number of aromatic nitrogens is 2. The standard InChI is InChI=1S/C33H29N3O3/c1-25(35-32(38)39-23-26-14-6-2-7-15-26)31(37)30-22-36(24-34-30)33(27-16-8-3-9-17-27,28-18-10-4-11-19-28)29-20-12-5-13-21-29/h2-22,24-25H,23H2,1H3,(H,35,38)/t25-/m0/s1. The first-order valence-corrected chi connectivity index (χ1v) is 12.8. The molecule has 0 aliphatic heterocycles. The molecule has 5 rings (SSSR count). The van der Waals surface area contributed by atoms with Gasteiger partial charge in [0.05, 0.1) is 12.4 Å². The summed E-state index contributed by atoms with van der Waals surface area (Å²) < 4.78 is 7.26. The van der Waals surface area contributed by atoms with Crippen LogP contribution in [0.5, 0.6) is 0 Å². The number of nitrogens with zero attached hydrogens (tertiary/aromatic N) is 2. The largest absolute Gasteiger partial charge is 0.445 e. The van der Waals surface area contributed by atoms with Crippen molar-refractivity contribution in [3.05, 3.63) is 162 Å². The molecule has 1 amide bonds. The number of benzene rings is 4. The topological polar surface area (TPSA) is 73.2 Å². The third-order valence-corrected chi connectivity index (χ3v) is 6.74. The average Bonchev–Trinajstić information content (AvgIpc) is 3.49. The van der Waals surface area contributed by atoms with Gasteiger partial charge in [0.15, 0.2) is 0 Å². The van der Waals surface area contributed by atoms with Crippen LogP contribution in [0.25, 0.3) is 0 Å². The minimum atomic E-state index is -0.823. The van der Waals surface area contributed by atoms with Crippen molar-refractivity contribution >= 4 is 11.9 Å². The number of carbonyl (C=O) groups excluding carboxylic acids is 2. The Balaban J connectivity index is 1.46. The highest BCUT2D eigenvalue weighted by Gasteiger charge is 2.38. The summed E-state index contributed by atoms with van der Waals surface area (Å²) in [6.45, 7) is 1.75. The maximum Gasteiger partial charge on any atom is 0.408 e. The molecule has 0 unspecified atom stereocenters. The van der Waals surface area contributed by atoms with Gasteiger partial charge < -0.3 is 14.6 Å². The summed E-state index contributed by atoms with van der Waals surface area (Å²) in [5, 5.41) is 2.63. The molecule has 6 nitrogen and oxygen atoms in total. The number of rotatable bonds is 9. The Kier molecular flexibility index (Phi) is 7.64. The Morgan fingerprint density at radius 3 is 1.72 bits per heavy atom. The summed E-state index contributed by atoms with van der Waals surface area (Å²) in [5.41, 5.74) is 3.40. The fourth-order valence-electron chi connectivity index (χ4n) is 4.85. The monoisotopic (exact) mass is 515 g/mol. The van der Waals surface area contributed by atoms with E-state index in [1.54, 1.807) is 19.4 Å². The van der Waals surface area contributed by atoms with Gasteiger partial charge in [0.25, 0.3) is 0 Å². The molecule has 0 saturated carbocycles. The summed E-state index contributed by atoms with van der Waals surface area (Å²) in [6, 6.07) is 39.0. The lowest BCUT2D eigenvalue weighted by Crippen LogP contribution is -2.39. The molecule has 0 aliphatic rings. The highest BCUT2D eigenvalue weighted by Crippen LogP contribution is 2.40. The molecule has 194 valence electrons. The van der Waals surface area contributed by atoms with E-state index in [1.807, 2.05) is 89.5 Å². The maximum atomic E-state index is 13.4. The number of hydrogen-bond acceptors (Lipinski definition) is 4. The lowest BCUT2D eigenvalue weighted by molar-refractivity contribution is 0.0922. The molecule has 6 heteroatoms. The predicted molar refractivity (Wildman–Crippen MR) is 150 cm³/mol. The van der Waals surface area contributed by atoms with Gasteiger partial charge >= 0.3 is 6.09 Å². The van der Waals surface area contributed by atoms with Crippen LogP contribution in [0.4, 0.5) is 4.79 Å². The summed E-state index contributed by atoms with van der Waals surface area (Å²) in [5.74, 6) is -0.312. The Morgan fingerprint density at radius 2 is 1.23 bits per heavy atom. The van der Waals surface area contributed by atoms with E-state index in [-0.39, 0.29) is 18.1 Å². The number of ether oxygens (including phenoxy) is 1. The first kappa shape index (κ1) is 25.7. The molecule has 0 radical (unpaired) electrons. The third kappa shape index (κ3) is 5.36. The number of amides is 1. The Morgan fingerprint density at radius 1 is 0.769 bits per heavy atom. The van der Waals surface area contributed by atoms with E-state index >= 15 is 0 Å². The van der Waals surface area contributed by atoms with Crippen LogP contribution in [0.1, 0.15) is 39.7 Å². The first-order valence-electron chi connectivity index (χ1n) is 12.8. The van der Waals surface area contributed by atoms with Crippen molar-refractivity contribution in [2.75, 3.05) is 0 Å². The molecular formula is C33H29N3O3. The second-order valence-corrected chi connectivity index (χ2v) is 9.27. The molecule has 0 aliphatic carbocycles. The van der Waals surface area contributed by atoms with Gasteiger partial charge in [-0.05, 0) is 29.2 Å². The fraction of sp³-hybridized carbons (Fsp3) is 0.121. The number of imidazole rings is 1. The molecule has 1 aromatic heterocycles. The van der Waals surface area contributed by atoms with Gasteiger partial charge in [-0.2, -0.15) is 0 Å². The van der Waals surface area contributed by atoms with Gasteiger partial charge in [0.1, 0.15) is 17.8 Å². The molecule has 39 heavy (non-hydrogen) atoms. The second kappa shape index (κ2) is 11.6. The van der Waals surface area contributed by atoms with E-state index in [0.717, 1.165) is 22.3 Å². The summed E-state index contributed by atoms with van der Waals surface area (Å²) in [7, 11) is 0. The van der Waals surface area contributed by atoms with Gasteiger partial charge in [-0.3, -0.25) is 4.79 Å². The average molecular weight is 516 g/mol. The van der Waals surface area contributed by atoms with Crippen LogP contribution in [0.3, 0.4) is 0 Å². The van der Waals surface area contributed by atoms with Crippen LogP contribution >= 0.6 is 0 Å². The van der Waals surface area contributed by atoms with Crippen LogP contribution in [0, 0.1) is 0 Å².